The molecule has 1 N–H and O–H groups in total. The largest absolute Gasteiger partial charge is 0.497 e. The van der Waals surface area contributed by atoms with Crippen LogP contribution in [-0.4, -0.2) is 27.2 Å². The van der Waals surface area contributed by atoms with Crippen molar-refractivity contribution in [3.8, 4) is 17.0 Å². The lowest BCUT2D eigenvalue weighted by Crippen LogP contribution is -2.33. The van der Waals surface area contributed by atoms with Crippen molar-refractivity contribution in [1.82, 2.24) is 14.2 Å². The number of carbonyl (C=O) groups is 1. The van der Waals surface area contributed by atoms with Crippen molar-refractivity contribution >= 4 is 22.4 Å². The van der Waals surface area contributed by atoms with Gasteiger partial charge in [0.2, 0.25) is 5.91 Å². The number of ether oxygens (including phenoxy) is 1. The number of nitrogens with zero attached hydrogens (tertiary/aromatic N) is 3. The van der Waals surface area contributed by atoms with Gasteiger partial charge in [-0.15, -0.1) is 0 Å². The Morgan fingerprint density at radius 3 is 2.58 bits per heavy atom. The molecule has 2 heterocycles. The van der Waals surface area contributed by atoms with Gasteiger partial charge in [0.25, 0.3) is 5.56 Å². The van der Waals surface area contributed by atoms with E-state index in [2.05, 4.69) is 14.8 Å². The monoisotopic (exact) mass is 370 g/mol. The summed E-state index contributed by atoms with van der Waals surface area (Å²) in [6, 6.07) is 11.4. The first-order valence-corrected chi connectivity index (χ1v) is 8.74. The van der Waals surface area contributed by atoms with Crippen LogP contribution in [0, 0.1) is 6.92 Å². The Hall–Kier alpha value is -3.00. The molecule has 1 aromatic carbocycles. The highest BCUT2D eigenvalue weighted by Gasteiger charge is 2.19. The third-order valence-corrected chi connectivity index (χ3v) is 4.63. The quantitative estimate of drug-likeness (QED) is 0.746. The van der Waals surface area contributed by atoms with E-state index in [9.17, 15) is 9.59 Å². The number of aryl methyl sites for hydroxylation is 1. The van der Waals surface area contributed by atoms with Crippen LogP contribution < -0.4 is 15.6 Å². The maximum absolute atomic E-state index is 12.5. The average molecular weight is 370 g/mol. The van der Waals surface area contributed by atoms with E-state index in [0.717, 1.165) is 17.0 Å². The van der Waals surface area contributed by atoms with Crippen molar-refractivity contribution in [3.05, 3.63) is 58.5 Å². The number of anilines is 1. The van der Waals surface area contributed by atoms with Gasteiger partial charge in [-0.3, -0.25) is 9.59 Å². The summed E-state index contributed by atoms with van der Waals surface area (Å²) in [5.41, 5.74) is 1.91. The lowest BCUT2D eigenvalue weighted by molar-refractivity contribution is -0.119. The van der Waals surface area contributed by atoms with Crippen LogP contribution in [-0.2, 0) is 4.79 Å². The highest BCUT2D eigenvalue weighted by atomic mass is 32.1. The molecular weight excluding hydrogens is 352 g/mol. The minimum absolute atomic E-state index is 0.324. The van der Waals surface area contributed by atoms with Crippen LogP contribution >= 0.6 is 11.5 Å². The molecule has 0 saturated carbocycles. The second kappa shape index (κ2) is 7.49. The van der Waals surface area contributed by atoms with Crippen LogP contribution in [0.25, 0.3) is 11.3 Å². The zero-order valence-corrected chi connectivity index (χ0v) is 15.4. The number of hydrogen-bond acceptors (Lipinski definition) is 6. The smallest absolute Gasteiger partial charge is 0.267 e. The fourth-order valence-electron chi connectivity index (χ4n) is 2.38. The van der Waals surface area contributed by atoms with Gasteiger partial charge < -0.3 is 10.1 Å². The van der Waals surface area contributed by atoms with Crippen LogP contribution in [0.2, 0.25) is 0 Å². The topological polar surface area (TPSA) is 86.1 Å². The van der Waals surface area contributed by atoms with Crippen LogP contribution in [0.15, 0.2) is 47.3 Å². The Labute approximate surface area is 154 Å². The third-order valence-electron chi connectivity index (χ3n) is 3.83. The summed E-state index contributed by atoms with van der Waals surface area (Å²) < 4.78 is 10.4. The molecule has 2 aromatic heterocycles. The van der Waals surface area contributed by atoms with Gasteiger partial charge in [-0.25, -0.2) is 4.68 Å². The molecule has 0 spiro atoms. The predicted molar refractivity (Wildman–Crippen MR) is 101 cm³/mol. The normalized spacial score (nSPS) is 11.8. The van der Waals surface area contributed by atoms with Gasteiger partial charge in [-0.1, -0.05) is 0 Å². The minimum Gasteiger partial charge on any atom is -0.497 e. The predicted octanol–water partition coefficient (Wildman–Crippen LogP) is 2.88. The number of benzene rings is 1. The van der Waals surface area contributed by atoms with Crippen molar-refractivity contribution in [1.29, 1.82) is 0 Å². The molecule has 7 nitrogen and oxygen atoms in total. The molecule has 3 aromatic rings. The fourth-order valence-corrected chi connectivity index (χ4v) is 3.04. The van der Waals surface area contributed by atoms with Crippen molar-refractivity contribution in [2.75, 3.05) is 12.4 Å². The van der Waals surface area contributed by atoms with Crippen molar-refractivity contribution < 1.29 is 9.53 Å². The first-order valence-electron chi connectivity index (χ1n) is 7.96. The van der Waals surface area contributed by atoms with E-state index in [1.807, 2.05) is 31.2 Å². The SMILES string of the molecule is COc1ccc(-c2ccc(=O)n(C(C)C(=O)Nc3cc(C)ns3)n2)cc1. The number of hydrogen-bond donors (Lipinski definition) is 1. The lowest BCUT2D eigenvalue weighted by atomic mass is 10.1. The average Bonchev–Trinajstić information content (AvgIpc) is 3.06. The number of aromatic nitrogens is 3. The zero-order chi connectivity index (χ0) is 18.7. The van der Waals surface area contributed by atoms with Crippen molar-refractivity contribution in [3.63, 3.8) is 0 Å². The summed E-state index contributed by atoms with van der Waals surface area (Å²) in [4.78, 5) is 24.7. The molecule has 0 aliphatic rings. The van der Waals surface area contributed by atoms with Crippen molar-refractivity contribution in [2.24, 2.45) is 0 Å². The van der Waals surface area contributed by atoms with E-state index in [1.54, 1.807) is 26.2 Å². The maximum Gasteiger partial charge on any atom is 0.267 e. The summed E-state index contributed by atoms with van der Waals surface area (Å²) >= 11 is 1.20. The molecular formula is C18H18N4O3S. The molecule has 0 saturated heterocycles. The van der Waals surface area contributed by atoms with Crippen LogP contribution in [0.3, 0.4) is 0 Å². The third kappa shape index (κ3) is 3.80. The van der Waals surface area contributed by atoms with Gasteiger partial charge in [-0.05, 0) is 61.8 Å². The highest BCUT2D eigenvalue weighted by molar-refractivity contribution is 7.10. The Balaban J connectivity index is 1.86. The van der Waals surface area contributed by atoms with E-state index in [-0.39, 0.29) is 11.5 Å². The zero-order valence-electron chi connectivity index (χ0n) is 14.6. The van der Waals surface area contributed by atoms with Gasteiger partial charge in [0, 0.05) is 11.6 Å². The second-order valence-corrected chi connectivity index (χ2v) is 6.53. The molecule has 1 atom stereocenters. The minimum atomic E-state index is -0.761. The standard InChI is InChI=1S/C18H18N4O3S/c1-11-10-16(26-21-11)19-18(24)12(2)22-17(23)9-8-15(20-22)13-4-6-14(25-3)7-5-13/h4-10,12H,1-3H3,(H,19,24). The maximum atomic E-state index is 12.5. The van der Waals surface area contributed by atoms with E-state index in [0.29, 0.717) is 10.7 Å². The highest BCUT2D eigenvalue weighted by Crippen LogP contribution is 2.21. The Bertz CT molecular complexity index is 979. The summed E-state index contributed by atoms with van der Waals surface area (Å²) in [6.07, 6.45) is 0. The summed E-state index contributed by atoms with van der Waals surface area (Å²) in [5, 5.41) is 7.76. The van der Waals surface area contributed by atoms with Gasteiger partial charge in [0.05, 0.1) is 18.5 Å². The van der Waals surface area contributed by atoms with Crippen LogP contribution in [0.5, 0.6) is 5.75 Å². The molecule has 1 unspecified atom stereocenters. The summed E-state index contributed by atoms with van der Waals surface area (Å²) in [7, 11) is 1.60. The molecule has 0 fully saturated rings. The first-order chi connectivity index (χ1) is 12.5. The molecule has 26 heavy (non-hydrogen) atoms. The molecule has 8 heteroatoms. The first kappa shape index (κ1) is 17.8. The number of carbonyl (C=O) groups excluding carboxylic acids is 1. The Kier molecular flexibility index (Phi) is 5.13. The van der Waals surface area contributed by atoms with Gasteiger partial charge in [0.1, 0.15) is 16.8 Å². The fraction of sp³-hybridized carbons (Fsp3) is 0.222. The Morgan fingerprint density at radius 2 is 1.96 bits per heavy atom. The molecule has 1 amide bonds. The summed E-state index contributed by atoms with van der Waals surface area (Å²) in [6.45, 7) is 3.48. The van der Waals surface area contributed by atoms with Gasteiger partial charge in [-0.2, -0.15) is 9.47 Å². The van der Waals surface area contributed by atoms with Gasteiger partial charge in [0.15, 0.2) is 0 Å². The molecule has 0 aliphatic carbocycles. The number of rotatable bonds is 5. The van der Waals surface area contributed by atoms with E-state index in [4.69, 9.17) is 4.74 Å². The number of amides is 1. The second-order valence-electron chi connectivity index (χ2n) is 5.73. The van der Waals surface area contributed by atoms with Crippen LogP contribution in [0.4, 0.5) is 5.00 Å². The molecule has 0 aliphatic heterocycles. The molecule has 3 rings (SSSR count). The van der Waals surface area contributed by atoms with Crippen molar-refractivity contribution in [2.45, 2.75) is 19.9 Å². The van der Waals surface area contributed by atoms with E-state index >= 15 is 0 Å². The van der Waals surface area contributed by atoms with E-state index in [1.165, 1.54) is 22.3 Å². The molecule has 134 valence electrons. The van der Waals surface area contributed by atoms with Gasteiger partial charge >= 0.3 is 0 Å². The van der Waals surface area contributed by atoms with Crippen LogP contribution in [0.1, 0.15) is 18.7 Å². The number of nitrogens with one attached hydrogen (secondary N) is 1. The lowest BCUT2D eigenvalue weighted by Gasteiger charge is -2.14. The molecule has 0 bridgehead atoms. The number of methoxy groups -OCH3 is 1. The van der Waals surface area contributed by atoms with E-state index < -0.39 is 6.04 Å². The summed E-state index contributed by atoms with van der Waals surface area (Å²) in [5.74, 6) is 0.407. The molecule has 0 radical (unpaired) electrons. The Morgan fingerprint density at radius 1 is 1.23 bits per heavy atom.